The molecule has 4 nitrogen and oxygen atoms in total. The molecule has 5 heteroatoms. The number of carbonyl (C=O) groups is 1. The van der Waals surface area contributed by atoms with Crippen molar-refractivity contribution in [1.82, 2.24) is 0 Å². The first-order chi connectivity index (χ1) is 8.00. The lowest BCUT2D eigenvalue weighted by Gasteiger charge is -2.08. The van der Waals surface area contributed by atoms with E-state index in [1.54, 1.807) is 24.3 Å². The maximum atomic E-state index is 11.9. The van der Waals surface area contributed by atoms with Crippen molar-refractivity contribution in [3.63, 3.8) is 0 Å². The van der Waals surface area contributed by atoms with Gasteiger partial charge in [-0.3, -0.25) is 4.79 Å². The van der Waals surface area contributed by atoms with Crippen molar-refractivity contribution in [2.75, 3.05) is 18.1 Å². The molecule has 94 valence electrons. The van der Waals surface area contributed by atoms with Crippen LogP contribution in [0.5, 0.6) is 5.75 Å². The number of rotatable bonds is 6. The smallest absolute Gasteiger partial charge is 0.181 e. The molecule has 0 atom stereocenters. The third kappa shape index (κ3) is 3.85. The molecule has 0 aliphatic rings. The zero-order chi connectivity index (χ0) is 12.9. The molecule has 0 amide bonds. The highest BCUT2D eigenvalue weighted by molar-refractivity contribution is 7.92. The second-order valence-electron chi connectivity index (χ2n) is 3.53. The Balaban J connectivity index is 2.96. The van der Waals surface area contributed by atoms with Gasteiger partial charge in [0.05, 0.1) is 12.2 Å². The Labute approximate surface area is 102 Å². The third-order valence-electron chi connectivity index (χ3n) is 2.28. The molecule has 0 aromatic heterocycles. The fourth-order valence-electron chi connectivity index (χ4n) is 1.36. The van der Waals surface area contributed by atoms with Crippen molar-refractivity contribution >= 4 is 15.6 Å². The molecule has 0 N–H and O–H groups in total. The van der Waals surface area contributed by atoms with Crippen molar-refractivity contribution < 1.29 is 17.9 Å². The van der Waals surface area contributed by atoms with Crippen LogP contribution in [0, 0.1) is 0 Å². The summed E-state index contributed by atoms with van der Waals surface area (Å²) in [6.07, 6.45) is 0. The topological polar surface area (TPSA) is 60.4 Å². The van der Waals surface area contributed by atoms with E-state index < -0.39 is 21.4 Å². The number of ether oxygens (including phenoxy) is 1. The second-order valence-corrected chi connectivity index (χ2v) is 5.88. The van der Waals surface area contributed by atoms with Gasteiger partial charge in [-0.2, -0.15) is 0 Å². The minimum atomic E-state index is -3.30. The van der Waals surface area contributed by atoms with Crippen molar-refractivity contribution in [1.29, 1.82) is 0 Å². The van der Waals surface area contributed by atoms with Gasteiger partial charge in [0, 0.05) is 5.75 Å². The second kappa shape index (κ2) is 5.82. The molecule has 1 rings (SSSR count). The van der Waals surface area contributed by atoms with Crippen molar-refractivity contribution in [2.24, 2.45) is 0 Å². The molecule has 0 radical (unpaired) electrons. The van der Waals surface area contributed by atoms with Crippen LogP contribution in [-0.4, -0.2) is 32.3 Å². The molecular weight excluding hydrogens is 240 g/mol. The highest BCUT2D eigenvalue weighted by atomic mass is 32.2. The predicted octanol–water partition coefficient (Wildman–Crippen LogP) is 1.70. The molecular formula is C12H16O4S. The van der Waals surface area contributed by atoms with Gasteiger partial charge in [-0.1, -0.05) is 19.1 Å². The number of benzene rings is 1. The van der Waals surface area contributed by atoms with Gasteiger partial charge < -0.3 is 4.74 Å². The van der Waals surface area contributed by atoms with Gasteiger partial charge in [-0.05, 0) is 19.1 Å². The van der Waals surface area contributed by atoms with Gasteiger partial charge in [0.2, 0.25) is 0 Å². The summed E-state index contributed by atoms with van der Waals surface area (Å²) in [6.45, 7) is 3.77. The van der Waals surface area contributed by atoms with E-state index >= 15 is 0 Å². The van der Waals surface area contributed by atoms with Crippen molar-refractivity contribution in [3.8, 4) is 5.75 Å². The number of carbonyl (C=O) groups excluding carboxylic acids is 1. The summed E-state index contributed by atoms with van der Waals surface area (Å²) in [5, 5.41) is 0. The summed E-state index contributed by atoms with van der Waals surface area (Å²) in [5.41, 5.74) is 0.325. The van der Waals surface area contributed by atoms with Gasteiger partial charge >= 0.3 is 0 Å². The molecule has 0 aliphatic heterocycles. The standard InChI is InChI=1S/C12H16O4S/c1-3-16-12-8-6-5-7-10(12)11(13)9-17(14,15)4-2/h5-8H,3-4,9H2,1-2H3. The molecule has 1 aromatic rings. The number of hydrogen-bond acceptors (Lipinski definition) is 4. The van der Waals surface area contributed by atoms with E-state index in [2.05, 4.69) is 0 Å². The first-order valence-corrected chi connectivity index (χ1v) is 7.27. The largest absolute Gasteiger partial charge is 0.493 e. The van der Waals surface area contributed by atoms with Crippen LogP contribution in [0.25, 0.3) is 0 Å². The normalized spacial score (nSPS) is 11.2. The lowest BCUT2D eigenvalue weighted by molar-refractivity contribution is 0.101. The summed E-state index contributed by atoms with van der Waals surface area (Å²) in [7, 11) is -3.30. The molecule has 0 spiro atoms. The zero-order valence-corrected chi connectivity index (χ0v) is 10.8. The fourth-order valence-corrected chi connectivity index (χ4v) is 2.12. The van der Waals surface area contributed by atoms with E-state index in [9.17, 15) is 13.2 Å². The number of hydrogen-bond donors (Lipinski definition) is 0. The summed E-state index contributed by atoms with van der Waals surface area (Å²) < 4.78 is 28.1. The van der Waals surface area contributed by atoms with Gasteiger partial charge in [-0.15, -0.1) is 0 Å². The number of ketones is 1. The number of Topliss-reactive ketones (excluding diaryl/α,β-unsaturated/α-hetero) is 1. The molecule has 0 aliphatic carbocycles. The van der Waals surface area contributed by atoms with E-state index in [1.807, 2.05) is 6.92 Å². The van der Waals surface area contributed by atoms with E-state index in [-0.39, 0.29) is 5.75 Å². The quantitative estimate of drug-likeness (QED) is 0.727. The van der Waals surface area contributed by atoms with E-state index in [0.717, 1.165) is 0 Å². The van der Waals surface area contributed by atoms with Crippen LogP contribution in [0.4, 0.5) is 0 Å². The van der Waals surface area contributed by atoms with Gasteiger partial charge in [0.1, 0.15) is 11.5 Å². The molecule has 17 heavy (non-hydrogen) atoms. The first-order valence-electron chi connectivity index (χ1n) is 5.45. The average Bonchev–Trinajstić information content (AvgIpc) is 2.29. The summed E-state index contributed by atoms with van der Waals surface area (Å²) >= 11 is 0. The van der Waals surface area contributed by atoms with E-state index in [0.29, 0.717) is 17.9 Å². The SMILES string of the molecule is CCOc1ccccc1C(=O)CS(=O)(=O)CC. The summed E-state index contributed by atoms with van der Waals surface area (Å²) in [4.78, 5) is 11.9. The molecule has 0 bridgehead atoms. The average molecular weight is 256 g/mol. The minimum Gasteiger partial charge on any atom is -0.493 e. The highest BCUT2D eigenvalue weighted by Crippen LogP contribution is 2.19. The van der Waals surface area contributed by atoms with Crippen LogP contribution in [0.2, 0.25) is 0 Å². The van der Waals surface area contributed by atoms with Crippen LogP contribution >= 0.6 is 0 Å². The number of sulfone groups is 1. The monoisotopic (exact) mass is 256 g/mol. The highest BCUT2D eigenvalue weighted by Gasteiger charge is 2.18. The Morgan fingerprint density at radius 3 is 2.47 bits per heavy atom. The van der Waals surface area contributed by atoms with Crippen molar-refractivity contribution in [3.05, 3.63) is 29.8 Å². The Bertz CT molecular complexity index is 491. The maximum Gasteiger partial charge on any atom is 0.181 e. The Morgan fingerprint density at radius 2 is 1.88 bits per heavy atom. The zero-order valence-electron chi connectivity index (χ0n) is 9.97. The molecule has 0 saturated carbocycles. The van der Waals surface area contributed by atoms with Crippen LogP contribution in [0.1, 0.15) is 24.2 Å². The van der Waals surface area contributed by atoms with Gasteiger partial charge in [-0.25, -0.2) is 8.42 Å². The van der Waals surface area contributed by atoms with Crippen LogP contribution < -0.4 is 4.74 Å². The Hall–Kier alpha value is -1.36. The molecule has 0 fully saturated rings. The van der Waals surface area contributed by atoms with E-state index in [4.69, 9.17) is 4.74 Å². The first kappa shape index (κ1) is 13.7. The molecule has 0 heterocycles. The molecule has 0 unspecified atom stereocenters. The lowest BCUT2D eigenvalue weighted by Crippen LogP contribution is -2.18. The third-order valence-corrected chi connectivity index (χ3v) is 3.86. The predicted molar refractivity (Wildman–Crippen MR) is 66.3 cm³/mol. The molecule has 1 aromatic carbocycles. The molecule has 0 saturated heterocycles. The Kier molecular flexibility index (Phi) is 4.69. The van der Waals surface area contributed by atoms with Gasteiger partial charge in [0.25, 0.3) is 0 Å². The minimum absolute atomic E-state index is 0.0322. The van der Waals surface area contributed by atoms with Crippen molar-refractivity contribution in [2.45, 2.75) is 13.8 Å². The van der Waals surface area contributed by atoms with Crippen LogP contribution in [0.15, 0.2) is 24.3 Å². The fraction of sp³-hybridized carbons (Fsp3) is 0.417. The lowest BCUT2D eigenvalue weighted by atomic mass is 10.1. The maximum absolute atomic E-state index is 11.9. The van der Waals surface area contributed by atoms with Crippen LogP contribution in [0.3, 0.4) is 0 Å². The Morgan fingerprint density at radius 1 is 1.24 bits per heavy atom. The van der Waals surface area contributed by atoms with Gasteiger partial charge in [0.15, 0.2) is 15.6 Å². The summed E-state index contributed by atoms with van der Waals surface area (Å²) in [5.74, 6) is -0.481. The number of para-hydroxylation sites is 1. The summed E-state index contributed by atoms with van der Waals surface area (Å²) in [6, 6.07) is 6.68. The van der Waals surface area contributed by atoms with E-state index in [1.165, 1.54) is 6.92 Å². The van der Waals surface area contributed by atoms with Crippen LogP contribution in [-0.2, 0) is 9.84 Å².